The molecular weight excluding hydrogens is 365 g/mol. The number of benzene rings is 1. The third-order valence-electron chi connectivity index (χ3n) is 5.79. The number of carbonyl (C=O) groups is 2. The van der Waals surface area contributed by atoms with Gasteiger partial charge in [-0.3, -0.25) is 14.5 Å². The molecule has 1 aromatic heterocycles. The van der Waals surface area contributed by atoms with Crippen LogP contribution in [-0.2, 0) is 4.79 Å². The van der Waals surface area contributed by atoms with Gasteiger partial charge in [-0.25, -0.2) is 4.39 Å². The quantitative estimate of drug-likeness (QED) is 0.796. The van der Waals surface area contributed by atoms with Gasteiger partial charge in [-0.05, 0) is 49.5 Å². The summed E-state index contributed by atoms with van der Waals surface area (Å²) in [5.74, 6) is -0.441. The average molecular weight is 387 g/mol. The first-order valence-corrected chi connectivity index (χ1v) is 9.93. The number of likely N-dealkylation sites (tertiary alicyclic amines) is 1. The molecule has 0 saturated carbocycles. The van der Waals surface area contributed by atoms with E-state index in [2.05, 4.69) is 4.90 Å². The molecular formula is C20H22FN3O2S. The molecule has 2 fully saturated rings. The van der Waals surface area contributed by atoms with E-state index in [4.69, 9.17) is 0 Å². The summed E-state index contributed by atoms with van der Waals surface area (Å²) in [7, 11) is 1.95. The summed E-state index contributed by atoms with van der Waals surface area (Å²) in [6.45, 7) is 3.71. The van der Waals surface area contributed by atoms with Crippen molar-refractivity contribution in [2.45, 2.75) is 18.9 Å². The molecule has 2 aliphatic heterocycles. The van der Waals surface area contributed by atoms with E-state index in [1.165, 1.54) is 6.07 Å². The van der Waals surface area contributed by atoms with Gasteiger partial charge in [0.05, 0.1) is 17.8 Å². The minimum atomic E-state index is -0.362. The summed E-state index contributed by atoms with van der Waals surface area (Å²) in [4.78, 5) is 31.1. The zero-order chi connectivity index (χ0) is 19.2. The van der Waals surface area contributed by atoms with E-state index in [1.54, 1.807) is 35.3 Å². The maximum absolute atomic E-state index is 13.9. The highest BCUT2D eigenvalue weighted by atomic mass is 32.1. The summed E-state index contributed by atoms with van der Waals surface area (Å²) in [5, 5.41) is 3.94. The number of likely N-dealkylation sites (N-methyl/N-ethyl adjacent to an activating group) is 1. The van der Waals surface area contributed by atoms with Crippen LogP contribution in [0.4, 0.5) is 10.1 Å². The largest absolute Gasteiger partial charge is 0.337 e. The Hall–Kier alpha value is -2.25. The lowest BCUT2D eigenvalue weighted by molar-refractivity contribution is -0.123. The number of thiophene rings is 1. The Morgan fingerprint density at radius 2 is 2.07 bits per heavy atom. The molecule has 7 heteroatoms. The van der Waals surface area contributed by atoms with Gasteiger partial charge in [0.15, 0.2) is 0 Å². The molecule has 2 aromatic rings. The van der Waals surface area contributed by atoms with Crippen LogP contribution in [0.2, 0.25) is 0 Å². The fourth-order valence-corrected chi connectivity index (χ4v) is 4.63. The molecule has 0 aliphatic carbocycles. The number of nitrogens with zero attached hydrogens (tertiary/aromatic N) is 3. The summed E-state index contributed by atoms with van der Waals surface area (Å²) in [6.07, 6.45) is 0.789. The minimum Gasteiger partial charge on any atom is -0.337 e. The number of anilines is 1. The highest BCUT2D eigenvalue weighted by molar-refractivity contribution is 7.08. The van der Waals surface area contributed by atoms with Crippen molar-refractivity contribution in [1.82, 2.24) is 9.80 Å². The lowest BCUT2D eigenvalue weighted by atomic mass is 9.93. The molecule has 4 rings (SSSR count). The first kappa shape index (κ1) is 18.1. The molecule has 142 valence electrons. The van der Waals surface area contributed by atoms with Crippen LogP contribution < -0.4 is 4.90 Å². The predicted octanol–water partition coefficient (Wildman–Crippen LogP) is 2.76. The Morgan fingerprint density at radius 1 is 1.26 bits per heavy atom. The number of carbonyl (C=O) groups excluding carboxylic acids is 2. The standard InChI is InChI=1S/C20H22FN3O2S/c1-14-3-4-15(9-17(14)21)19(26)23-7-6-20(12-23)13-24(16-5-8-27-11-16)18(25)10-22(20)2/h3-5,8-9,11H,6-7,10,12-13H2,1-2H3. The van der Waals surface area contributed by atoms with Gasteiger partial charge >= 0.3 is 0 Å². The third-order valence-corrected chi connectivity index (χ3v) is 6.46. The summed E-state index contributed by atoms with van der Waals surface area (Å²) in [5.41, 5.74) is 1.55. The predicted molar refractivity (Wildman–Crippen MR) is 104 cm³/mol. The molecule has 1 aromatic carbocycles. The average Bonchev–Trinajstić information content (AvgIpc) is 3.31. The van der Waals surface area contributed by atoms with Crippen molar-refractivity contribution in [1.29, 1.82) is 0 Å². The number of aryl methyl sites for hydroxylation is 1. The van der Waals surface area contributed by atoms with Gasteiger partial charge in [0, 0.05) is 30.6 Å². The molecule has 1 unspecified atom stereocenters. The van der Waals surface area contributed by atoms with Crippen molar-refractivity contribution in [2.75, 3.05) is 38.1 Å². The van der Waals surface area contributed by atoms with Crippen molar-refractivity contribution >= 4 is 28.8 Å². The number of rotatable bonds is 2. The third kappa shape index (κ3) is 3.15. The van der Waals surface area contributed by atoms with Crippen LogP contribution in [0.25, 0.3) is 0 Å². The zero-order valence-corrected chi connectivity index (χ0v) is 16.3. The maximum Gasteiger partial charge on any atom is 0.254 e. The van der Waals surface area contributed by atoms with Crippen LogP contribution >= 0.6 is 11.3 Å². The molecule has 0 N–H and O–H groups in total. The van der Waals surface area contributed by atoms with E-state index in [0.29, 0.717) is 37.3 Å². The van der Waals surface area contributed by atoms with E-state index in [0.717, 1.165) is 12.1 Å². The van der Waals surface area contributed by atoms with Crippen molar-refractivity contribution in [2.24, 2.45) is 0 Å². The first-order chi connectivity index (χ1) is 12.9. The van der Waals surface area contributed by atoms with Crippen molar-refractivity contribution in [3.8, 4) is 0 Å². The van der Waals surface area contributed by atoms with E-state index >= 15 is 0 Å². The van der Waals surface area contributed by atoms with E-state index < -0.39 is 0 Å². The molecule has 27 heavy (non-hydrogen) atoms. The van der Waals surface area contributed by atoms with Crippen LogP contribution in [0.5, 0.6) is 0 Å². The highest BCUT2D eigenvalue weighted by Crippen LogP contribution is 2.34. The van der Waals surface area contributed by atoms with Gasteiger partial charge in [0.1, 0.15) is 5.82 Å². The highest BCUT2D eigenvalue weighted by Gasteiger charge is 2.48. The molecule has 2 saturated heterocycles. The van der Waals surface area contributed by atoms with Crippen LogP contribution in [-0.4, -0.2) is 60.4 Å². The van der Waals surface area contributed by atoms with Crippen molar-refractivity contribution in [3.05, 3.63) is 52.0 Å². The zero-order valence-electron chi connectivity index (χ0n) is 15.4. The fourth-order valence-electron chi connectivity index (χ4n) is 3.98. The van der Waals surface area contributed by atoms with Gasteiger partial charge in [0.25, 0.3) is 5.91 Å². The Bertz CT molecular complexity index is 885. The van der Waals surface area contributed by atoms with Crippen LogP contribution in [0, 0.1) is 12.7 Å². The topological polar surface area (TPSA) is 43.9 Å². The minimum absolute atomic E-state index is 0.0758. The van der Waals surface area contributed by atoms with E-state index in [9.17, 15) is 14.0 Å². The molecule has 2 aliphatic rings. The molecule has 1 atom stereocenters. The Morgan fingerprint density at radius 3 is 2.78 bits per heavy atom. The van der Waals surface area contributed by atoms with E-state index in [1.807, 2.05) is 28.8 Å². The second-order valence-corrected chi connectivity index (χ2v) is 8.26. The number of halogens is 1. The lowest BCUT2D eigenvalue weighted by Gasteiger charge is -2.46. The SMILES string of the molecule is Cc1ccc(C(=O)N2CCC3(C2)CN(c2ccsc2)C(=O)CN3C)cc1F. The van der Waals surface area contributed by atoms with Crippen LogP contribution in [0.3, 0.4) is 0 Å². The van der Waals surface area contributed by atoms with Gasteiger partial charge in [0.2, 0.25) is 5.91 Å². The second-order valence-electron chi connectivity index (χ2n) is 7.48. The monoisotopic (exact) mass is 387 g/mol. The number of amides is 2. The number of hydrogen-bond donors (Lipinski definition) is 0. The van der Waals surface area contributed by atoms with Gasteiger partial charge in [-0.2, -0.15) is 11.3 Å². The van der Waals surface area contributed by atoms with Gasteiger partial charge < -0.3 is 9.80 Å². The Labute approximate surface area is 162 Å². The maximum atomic E-state index is 13.9. The summed E-state index contributed by atoms with van der Waals surface area (Å²) >= 11 is 1.56. The van der Waals surface area contributed by atoms with E-state index in [-0.39, 0.29) is 23.2 Å². The van der Waals surface area contributed by atoms with Gasteiger partial charge in [-0.1, -0.05) is 6.07 Å². The van der Waals surface area contributed by atoms with Crippen LogP contribution in [0.1, 0.15) is 22.3 Å². The second kappa shape index (κ2) is 6.73. The smallest absolute Gasteiger partial charge is 0.254 e. The molecule has 1 spiro atoms. The molecule has 5 nitrogen and oxygen atoms in total. The van der Waals surface area contributed by atoms with Crippen molar-refractivity contribution < 1.29 is 14.0 Å². The lowest BCUT2D eigenvalue weighted by Crippen LogP contribution is -2.64. The Balaban J connectivity index is 1.55. The molecule has 2 amide bonds. The number of hydrogen-bond acceptors (Lipinski definition) is 4. The summed E-state index contributed by atoms with van der Waals surface area (Å²) in [6, 6.07) is 6.58. The van der Waals surface area contributed by atoms with Crippen molar-refractivity contribution in [3.63, 3.8) is 0 Å². The first-order valence-electron chi connectivity index (χ1n) is 8.99. The number of piperazine rings is 1. The molecule has 3 heterocycles. The Kier molecular flexibility index (Phi) is 4.52. The molecule has 0 bridgehead atoms. The summed E-state index contributed by atoms with van der Waals surface area (Å²) < 4.78 is 13.9. The fraction of sp³-hybridized carbons (Fsp3) is 0.400. The van der Waals surface area contributed by atoms with Crippen LogP contribution in [0.15, 0.2) is 35.0 Å². The molecule has 0 radical (unpaired) electrons. The van der Waals surface area contributed by atoms with Gasteiger partial charge in [-0.15, -0.1) is 0 Å². The normalized spacial score (nSPS) is 23.4.